The molecule has 1 heterocycles. The van der Waals surface area contributed by atoms with Gasteiger partial charge >= 0.3 is 6.03 Å². The topological polar surface area (TPSA) is 72.2 Å². The first-order chi connectivity index (χ1) is 16.9. The zero-order valence-electron chi connectivity index (χ0n) is 20.8. The minimum Gasteiger partial charge on any atom is -0.361 e. The second-order valence-electron chi connectivity index (χ2n) is 8.97. The number of carbonyl (C=O) groups is 1. The van der Waals surface area contributed by atoms with Crippen LogP contribution in [0.5, 0.6) is 0 Å². The van der Waals surface area contributed by atoms with Crippen molar-refractivity contribution in [3.8, 4) is 0 Å². The van der Waals surface area contributed by atoms with Gasteiger partial charge in [-0.1, -0.05) is 55.2 Å². The molecule has 0 saturated heterocycles. The summed E-state index contributed by atoms with van der Waals surface area (Å²) in [4.78, 5) is 18.6. The summed E-state index contributed by atoms with van der Waals surface area (Å²) < 4.78 is 0. The van der Waals surface area contributed by atoms with Crippen LogP contribution in [0.4, 0.5) is 10.5 Å². The van der Waals surface area contributed by atoms with Gasteiger partial charge in [0.1, 0.15) is 0 Å². The number of hydrogen-bond donors (Lipinski definition) is 4. The molecule has 0 aliphatic rings. The predicted octanol–water partition coefficient (Wildman–Crippen LogP) is 6.31. The largest absolute Gasteiger partial charge is 0.361 e. The van der Waals surface area contributed by atoms with E-state index in [2.05, 4.69) is 58.7 Å². The molecular formula is C27H37Cl2N5O. The number of aromatic nitrogens is 1. The van der Waals surface area contributed by atoms with Crippen molar-refractivity contribution in [2.75, 3.05) is 31.5 Å². The molecular weight excluding hydrogens is 481 g/mol. The van der Waals surface area contributed by atoms with Crippen LogP contribution in [0.25, 0.3) is 10.9 Å². The van der Waals surface area contributed by atoms with E-state index in [4.69, 9.17) is 23.2 Å². The van der Waals surface area contributed by atoms with Gasteiger partial charge in [0.2, 0.25) is 0 Å². The fraction of sp³-hybridized carbons (Fsp3) is 0.444. The molecule has 0 bridgehead atoms. The number of carbonyl (C=O) groups excluding carboxylic acids is 1. The average molecular weight is 519 g/mol. The van der Waals surface area contributed by atoms with Gasteiger partial charge in [-0.15, -0.1) is 0 Å². The SMILES string of the molecule is CCN(CC)CCCC(C)NCC(Cc1c[nH]c2ccccc12)NC(=O)Nc1ccc(Cl)c(Cl)c1. The summed E-state index contributed by atoms with van der Waals surface area (Å²) in [7, 11) is 0. The maximum absolute atomic E-state index is 12.8. The van der Waals surface area contributed by atoms with Crippen LogP contribution in [0.15, 0.2) is 48.7 Å². The average Bonchev–Trinajstić information content (AvgIpc) is 3.25. The summed E-state index contributed by atoms with van der Waals surface area (Å²) in [6.45, 7) is 10.6. The molecule has 2 aromatic carbocycles. The van der Waals surface area contributed by atoms with Gasteiger partial charge in [-0.3, -0.25) is 0 Å². The molecule has 4 N–H and O–H groups in total. The third-order valence-electron chi connectivity index (χ3n) is 6.37. The second-order valence-corrected chi connectivity index (χ2v) is 9.78. The smallest absolute Gasteiger partial charge is 0.319 e. The van der Waals surface area contributed by atoms with E-state index >= 15 is 0 Å². The molecule has 190 valence electrons. The molecule has 0 aliphatic heterocycles. The van der Waals surface area contributed by atoms with E-state index < -0.39 is 0 Å². The molecule has 0 spiro atoms. The molecule has 35 heavy (non-hydrogen) atoms. The van der Waals surface area contributed by atoms with Crippen molar-refractivity contribution in [1.82, 2.24) is 20.5 Å². The number of nitrogens with zero attached hydrogens (tertiary/aromatic N) is 1. The van der Waals surface area contributed by atoms with Gasteiger partial charge in [-0.05, 0) is 75.6 Å². The van der Waals surface area contributed by atoms with Gasteiger partial charge in [0.05, 0.1) is 10.0 Å². The Morgan fingerprint density at radius 2 is 1.86 bits per heavy atom. The van der Waals surface area contributed by atoms with E-state index in [1.165, 1.54) is 10.9 Å². The number of fused-ring (bicyclic) bond motifs is 1. The first kappa shape index (κ1) is 27.3. The van der Waals surface area contributed by atoms with Crippen LogP contribution in [0, 0.1) is 0 Å². The second kappa shape index (κ2) is 13.7. The Bertz CT molecular complexity index is 1080. The number of H-pyrrole nitrogens is 1. The number of aromatic amines is 1. The predicted molar refractivity (Wildman–Crippen MR) is 149 cm³/mol. The number of amides is 2. The lowest BCUT2D eigenvalue weighted by molar-refractivity contribution is 0.247. The molecule has 6 nitrogen and oxygen atoms in total. The van der Waals surface area contributed by atoms with Crippen molar-refractivity contribution in [3.05, 3.63) is 64.3 Å². The van der Waals surface area contributed by atoms with Gasteiger partial charge in [0.15, 0.2) is 0 Å². The van der Waals surface area contributed by atoms with Crippen molar-refractivity contribution >= 4 is 45.8 Å². The summed E-state index contributed by atoms with van der Waals surface area (Å²) in [5.41, 5.74) is 2.87. The summed E-state index contributed by atoms with van der Waals surface area (Å²) in [5.74, 6) is 0. The minimum absolute atomic E-state index is 0.0952. The number of halogens is 2. The molecule has 1 aromatic heterocycles. The quantitative estimate of drug-likeness (QED) is 0.214. The van der Waals surface area contributed by atoms with Crippen molar-refractivity contribution in [2.24, 2.45) is 0 Å². The van der Waals surface area contributed by atoms with Crippen molar-refractivity contribution < 1.29 is 4.79 Å². The minimum atomic E-state index is -0.274. The van der Waals surface area contributed by atoms with Crippen LogP contribution in [0.1, 0.15) is 39.2 Å². The van der Waals surface area contributed by atoms with E-state index in [1.807, 2.05) is 18.3 Å². The fourth-order valence-corrected chi connectivity index (χ4v) is 4.57. The Morgan fingerprint density at radius 3 is 2.60 bits per heavy atom. The van der Waals surface area contributed by atoms with Crippen molar-refractivity contribution in [3.63, 3.8) is 0 Å². The Kier molecular flexibility index (Phi) is 10.7. The number of urea groups is 1. The highest BCUT2D eigenvalue weighted by Gasteiger charge is 2.17. The van der Waals surface area contributed by atoms with E-state index in [1.54, 1.807) is 18.2 Å². The third-order valence-corrected chi connectivity index (χ3v) is 7.11. The van der Waals surface area contributed by atoms with E-state index in [9.17, 15) is 4.79 Å². The van der Waals surface area contributed by atoms with Crippen LogP contribution in [0.2, 0.25) is 10.0 Å². The zero-order chi connectivity index (χ0) is 25.2. The molecule has 2 unspecified atom stereocenters. The molecule has 0 saturated carbocycles. The highest BCUT2D eigenvalue weighted by Crippen LogP contribution is 2.25. The van der Waals surface area contributed by atoms with Crippen LogP contribution < -0.4 is 16.0 Å². The lowest BCUT2D eigenvalue weighted by Gasteiger charge is -2.23. The fourth-order valence-electron chi connectivity index (χ4n) is 4.27. The highest BCUT2D eigenvalue weighted by molar-refractivity contribution is 6.42. The summed E-state index contributed by atoms with van der Waals surface area (Å²) in [6.07, 6.45) is 4.97. The number of hydrogen-bond acceptors (Lipinski definition) is 3. The van der Waals surface area contributed by atoms with Crippen LogP contribution in [-0.4, -0.2) is 54.2 Å². The molecule has 8 heteroatoms. The summed E-state index contributed by atoms with van der Waals surface area (Å²) in [6, 6.07) is 13.3. The summed E-state index contributed by atoms with van der Waals surface area (Å²) in [5, 5.41) is 11.7. The summed E-state index contributed by atoms with van der Waals surface area (Å²) >= 11 is 12.1. The Morgan fingerprint density at radius 1 is 1.09 bits per heavy atom. The maximum Gasteiger partial charge on any atom is 0.319 e. The lowest BCUT2D eigenvalue weighted by Crippen LogP contribution is -2.47. The number of anilines is 1. The lowest BCUT2D eigenvalue weighted by atomic mass is 10.0. The molecule has 0 radical (unpaired) electrons. The van der Waals surface area contributed by atoms with Crippen LogP contribution in [-0.2, 0) is 6.42 Å². The van der Waals surface area contributed by atoms with Crippen LogP contribution >= 0.6 is 23.2 Å². The Labute approximate surface area is 218 Å². The molecule has 2 amide bonds. The first-order valence-electron chi connectivity index (χ1n) is 12.4. The van der Waals surface area contributed by atoms with E-state index in [0.717, 1.165) is 38.0 Å². The molecule has 0 fully saturated rings. The maximum atomic E-state index is 12.8. The van der Waals surface area contributed by atoms with Gasteiger partial charge < -0.3 is 25.8 Å². The Balaban J connectivity index is 1.62. The molecule has 2 atom stereocenters. The monoisotopic (exact) mass is 517 g/mol. The van der Waals surface area contributed by atoms with E-state index in [0.29, 0.717) is 34.7 Å². The number of para-hydroxylation sites is 1. The van der Waals surface area contributed by atoms with E-state index in [-0.39, 0.29) is 12.1 Å². The third kappa shape index (κ3) is 8.43. The molecule has 0 aliphatic carbocycles. The van der Waals surface area contributed by atoms with Crippen molar-refractivity contribution in [2.45, 2.75) is 52.1 Å². The zero-order valence-corrected chi connectivity index (χ0v) is 22.3. The molecule has 3 aromatic rings. The van der Waals surface area contributed by atoms with Gasteiger partial charge in [-0.2, -0.15) is 0 Å². The number of benzene rings is 2. The number of nitrogens with one attached hydrogen (secondary N) is 4. The van der Waals surface area contributed by atoms with Gasteiger partial charge in [0, 0.05) is 41.4 Å². The Hall–Kier alpha value is -2.25. The van der Waals surface area contributed by atoms with Crippen molar-refractivity contribution in [1.29, 1.82) is 0 Å². The highest BCUT2D eigenvalue weighted by atomic mass is 35.5. The first-order valence-corrected chi connectivity index (χ1v) is 13.2. The van der Waals surface area contributed by atoms with Gasteiger partial charge in [0.25, 0.3) is 0 Å². The number of rotatable bonds is 13. The normalized spacial score (nSPS) is 13.2. The van der Waals surface area contributed by atoms with Crippen LogP contribution in [0.3, 0.4) is 0 Å². The molecule has 3 rings (SSSR count). The standard InChI is InChI=1S/C27H37Cl2N5O/c1-4-34(5-2)14-8-9-19(3)30-18-22(15-20-17-31-26-11-7-6-10-23(20)26)33-27(35)32-21-12-13-24(28)25(29)16-21/h6-7,10-13,16-17,19,22,30-31H,4-5,8-9,14-15,18H2,1-3H3,(H2,32,33,35). The van der Waals surface area contributed by atoms with Gasteiger partial charge in [-0.25, -0.2) is 4.79 Å².